The lowest BCUT2D eigenvalue weighted by Crippen LogP contribution is -2.03. The third-order valence-electron chi connectivity index (χ3n) is 3.72. The second kappa shape index (κ2) is 5.45. The molecule has 0 radical (unpaired) electrons. The zero-order valence-electron chi connectivity index (χ0n) is 11.4. The van der Waals surface area contributed by atoms with E-state index in [9.17, 15) is 0 Å². The molecule has 0 amide bonds. The number of nitrogen functional groups attached to an aromatic ring is 1. The Morgan fingerprint density at radius 2 is 2.21 bits per heavy atom. The molecular formula is C15H21N3S. The quantitative estimate of drug-likeness (QED) is 0.646. The van der Waals surface area contributed by atoms with Crippen molar-refractivity contribution in [2.75, 3.05) is 17.7 Å². The minimum atomic E-state index is 0.689. The molecule has 1 aromatic carbocycles. The van der Waals surface area contributed by atoms with Crippen LogP contribution < -0.4 is 5.73 Å². The number of nitrogens with two attached hydrogens (primary N) is 1. The zero-order valence-corrected chi connectivity index (χ0v) is 12.2. The van der Waals surface area contributed by atoms with Gasteiger partial charge in [-0.05, 0) is 55.9 Å². The fourth-order valence-corrected chi connectivity index (χ4v) is 3.06. The van der Waals surface area contributed by atoms with Gasteiger partial charge in [0.25, 0.3) is 0 Å². The summed E-state index contributed by atoms with van der Waals surface area (Å²) < 4.78 is 2.42. The van der Waals surface area contributed by atoms with Crippen molar-refractivity contribution < 1.29 is 0 Å². The van der Waals surface area contributed by atoms with E-state index in [4.69, 9.17) is 10.7 Å². The molecule has 0 unspecified atom stereocenters. The van der Waals surface area contributed by atoms with Crippen molar-refractivity contribution >= 4 is 28.5 Å². The highest BCUT2D eigenvalue weighted by Crippen LogP contribution is 2.41. The second-order valence-corrected chi connectivity index (χ2v) is 6.33. The number of imidazole rings is 1. The molecule has 0 aliphatic heterocycles. The maximum absolute atomic E-state index is 5.86. The predicted molar refractivity (Wildman–Crippen MR) is 83.7 cm³/mol. The van der Waals surface area contributed by atoms with E-state index >= 15 is 0 Å². The first-order valence-corrected chi connectivity index (χ1v) is 8.43. The number of unbranched alkanes of at least 4 members (excludes halogenated alkanes) is 1. The summed E-state index contributed by atoms with van der Waals surface area (Å²) >= 11 is 1.93. The predicted octanol–water partition coefficient (Wildman–Crippen LogP) is 3.64. The van der Waals surface area contributed by atoms with Crippen LogP contribution in [0.15, 0.2) is 18.2 Å². The minimum absolute atomic E-state index is 0.689. The Morgan fingerprint density at radius 3 is 2.95 bits per heavy atom. The van der Waals surface area contributed by atoms with Crippen molar-refractivity contribution in [1.29, 1.82) is 0 Å². The summed E-state index contributed by atoms with van der Waals surface area (Å²) in [5.74, 6) is 3.22. The third kappa shape index (κ3) is 2.73. The summed E-state index contributed by atoms with van der Waals surface area (Å²) in [6, 6.07) is 6.11. The number of aromatic nitrogens is 2. The number of nitrogens with zero attached hydrogens (tertiary/aromatic N) is 2. The average molecular weight is 275 g/mol. The molecule has 2 N–H and O–H groups in total. The van der Waals surface area contributed by atoms with Gasteiger partial charge in [0.1, 0.15) is 5.82 Å². The van der Waals surface area contributed by atoms with Crippen LogP contribution >= 0.6 is 11.8 Å². The van der Waals surface area contributed by atoms with Crippen molar-refractivity contribution in [3.63, 3.8) is 0 Å². The van der Waals surface area contributed by atoms with Gasteiger partial charge in [0.15, 0.2) is 0 Å². The molecule has 1 fully saturated rings. The molecule has 3 rings (SSSR count). The molecule has 0 atom stereocenters. The van der Waals surface area contributed by atoms with Gasteiger partial charge in [-0.1, -0.05) is 0 Å². The number of anilines is 1. The molecule has 102 valence electrons. The molecule has 1 heterocycles. The molecule has 1 saturated carbocycles. The molecule has 0 bridgehead atoms. The summed E-state index contributed by atoms with van der Waals surface area (Å²) in [5, 5.41) is 0. The van der Waals surface area contributed by atoms with E-state index in [0.29, 0.717) is 5.92 Å². The smallest absolute Gasteiger partial charge is 0.112 e. The third-order valence-corrected chi connectivity index (χ3v) is 4.42. The highest BCUT2D eigenvalue weighted by molar-refractivity contribution is 7.98. The first-order chi connectivity index (χ1) is 9.29. The van der Waals surface area contributed by atoms with Crippen LogP contribution in [0.3, 0.4) is 0 Å². The maximum Gasteiger partial charge on any atom is 0.112 e. The van der Waals surface area contributed by atoms with Gasteiger partial charge < -0.3 is 10.3 Å². The normalized spacial score (nSPS) is 15.2. The van der Waals surface area contributed by atoms with Crippen molar-refractivity contribution in [2.24, 2.45) is 0 Å². The molecule has 1 aliphatic carbocycles. The van der Waals surface area contributed by atoms with E-state index in [-0.39, 0.29) is 0 Å². The monoisotopic (exact) mass is 275 g/mol. The van der Waals surface area contributed by atoms with Gasteiger partial charge in [-0.25, -0.2) is 4.98 Å². The van der Waals surface area contributed by atoms with Gasteiger partial charge in [-0.3, -0.25) is 0 Å². The summed E-state index contributed by atoms with van der Waals surface area (Å²) in [7, 11) is 0. The lowest BCUT2D eigenvalue weighted by Gasteiger charge is -2.08. The van der Waals surface area contributed by atoms with Gasteiger partial charge in [-0.15, -0.1) is 0 Å². The molecule has 0 spiro atoms. The van der Waals surface area contributed by atoms with Gasteiger partial charge in [0.05, 0.1) is 11.0 Å². The molecule has 4 heteroatoms. The van der Waals surface area contributed by atoms with Crippen molar-refractivity contribution in [3.8, 4) is 0 Å². The minimum Gasteiger partial charge on any atom is -0.399 e. The van der Waals surface area contributed by atoms with E-state index in [2.05, 4.69) is 16.9 Å². The van der Waals surface area contributed by atoms with Crippen LogP contribution in [0.25, 0.3) is 11.0 Å². The van der Waals surface area contributed by atoms with Crippen molar-refractivity contribution in [3.05, 3.63) is 24.0 Å². The Balaban J connectivity index is 1.88. The first-order valence-electron chi connectivity index (χ1n) is 7.04. The topological polar surface area (TPSA) is 43.8 Å². The lowest BCUT2D eigenvalue weighted by atomic mass is 10.2. The molecule has 2 aromatic rings. The van der Waals surface area contributed by atoms with Crippen LogP contribution in [0.5, 0.6) is 0 Å². The Bertz CT molecular complexity index is 572. The number of benzene rings is 1. The number of rotatable bonds is 6. The van der Waals surface area contributed by atoms with Crippen LogP contribution in [-0.4, -0.2) is 21.6 Å². The SMILES string of the molecule is CSCCCCn1c(C2CC2)nc2cc(N)ccc21. The number of fused-ring (bicyclic) bond motifs is 1. The summed E-state index contributed by atoms with van der Waals surface area (Å²) in [5.41, 5.74) is 8.98. The maximum atomic E-state index is 5.86. The van der Waals surface area contributed by atoms with Crippen molar-refractivity contribution in [2.45, 2.75) is 38.1 Å². The van der Waals surface area contributed by atoms with Crippen LogP contribution in [0.2, 0.25) is 0 Å². The van der Waals surface area contributed by atoms with Gasteiger partial charge >= 0.3 is 0 Å². The fourth-order valence-electron chi connectivity index (χ4n) is 2.57. The Morgan fingerprint density at radius 1 is 1.37 bits per heavy atom. The van der Waals surface area contributed by atoms with Gasteiger partial charge in [-0.2, -0.15) is 11.8 Å². The fraction of sp³-hybridized carbons (Fsp3) is 0.533. The lowest BCUT2D eigenvalue weighted by molar-refractivity contribution is 0.620. The summed E-state index contributed by atoms with van der Waals surface area (Å²) in [4.78, 5) is 4.81. The van der Waals surface area contributed by atoms with Crippen LogP contribution in [-0.2, 0) is 6.54 Å². The van der Waals surface area contributed by atoms with Crippen LogP contribution in [0.1, 0.15) is 37.4 Å². The Hall–Kier alpha value is -1.16. The zero-order chi connectivity index (χ0) is 13.2. The van der Waals surface area contributed by atoms with E-state index < -0.39 is 0 Å². The summed E-state index contributed by atoms with van der Waals surface area (Å²) in [6.07, 6.45) is 7.27. The number of thioether (sulfide) groups is 1. The Kier molecular flexibility index (Phi) is 3.69. The van der Waals surface area contributed by atoms with Crippen molar-refractivity contribution in [1.82, 2.24) is 9.55 Å². The molecule has 0 saturated heterocycles. The van der Waals surface area contributed by atoms with Gasteiger partial charge in [0.2, 0.25) is 0 Å². The molecule has 1 aliphatic rings. The number of hydrogen-bond donors (Lipinski definition) is 1. The van der Waals surface area contributed by atoms with E-state index in [0.717, 1.165) is 17.7 Å². The molecule has 3 nitrogen and oxygen atoms in total. The highest BCUT2D eigenvalue weighted by atomic mass is 32.2. The number of hydrogen-bond acceptors (Lipinski definition) is 3. The number of aryl methyl sites for hydroxylation is 1. The highest BCUT2D eigenvalue weighted by Gasteiger charge is 2.29. The van der Waals surface area contributed by atoms with E-state index in [1.54, 1.807) is 0 Å². The first kappa shape index (κ1) is 12.9. The van der Waals surface area contributed by atoms with E-state index in [1.165, 1.54) is 42.8 Å². The second-order valence-electron chi connectivity index (χ2n) is 5.34. The molecule has 19 heavy (non-hydrogen) atoms. The van der Waals surface area contributed by atoms with Crippen LogP contribution in [0.4, 0.5) is 5.69 Å². The Labute approximate surface area is 118 Å². The average Bonchev–Trinajstić information content (AvgIpc) is 3.18. The van der Waals surface area contributed by atoms with E-state index in [1.807, 2.05) is 23.9 Å². The largest absolute Gasteiger partial charge is 0.399 e. The van der Waals surface area contributed by atoms with Crippen LogP contribution in [0, 0.1) is 0 Å². The standard InChI is InChI=1S/C15H21N3S/c1-19-9-3-2-8-18-14-7-6-12(16)10-13(14)17-15(18)11-4-5-11/h6-7,10-11H,2-5,8-9,16H2,1H3. The summed E-state index contributed by atoms with van der Waals surface area (Å²) in [6.45, 7) is 1.09. The molecular weight excluding hydrogens is 254 g/mol. The van der Waals surface area contributed by atoms with Gasteiger partial charge in [0, 0.05) is 18.2 Å². The molecule has 1 aromatic heterocycles.